The first-order valence-electron chi connectivity index (χ1n) is 7.01. The standard InChI is InChI=1S/C15H25N3O2/c1-4-12(2)18-15(19)17-11-13-5-7-14(8-6-13)16-9-10-20-3/h5-8,12,16H,4,9-11H2,1-3H3,(H2,17,18,19)/t12-/m0/s1. The number of methoxy groups -OCH3 is 1. The molecule has 0 aliphatic rings. The molecule has 0 aliphatic heterocycles. The van der Waals surface area contributed by atoms with Crippen LogP contribution in [-0.2, 0) is 11.3 Å². The maximum absolute atomic E-state index is 11.6. The monoisotopic (exact) mass is 279 g/mol. The molecule has 0 aromatic heterocycles. The second-order valence-corrected chi connectivity index (χ2v) is 4.75. The molecular formula is C15H25N3O2. The lowest BCUT2D eigenvalue weighted by Crippen LogP contribution is -2.40. The number of urea groups is 1. The maximum Gasteiger partial charge on any atom is 0.315 e. The summed E-state index contributed by atoms with van der Waals surface area (Å²) in [4.78, 5) is 11.6. The fourth-order valence-electron chi connectivity index (χ4n) is 1.60. The van der Waals surface area contributed by atoms with E-state index in [0.717, 1.165) is 24.2 Å². The van der Waals surface area contributed by atoms with Crippen molar-refractivity contribution < 1.29 is 9.53 Å². The van der Waals surface area contributed by atoms with E-state index in [1.807, 2.05) is 38.1 Å². The highest BCUT2D eigenvalue weighted by atomic mass is 16.5. The van der Waals surface area contributed by atoms with Crippen molar-refractivity contribution >= 4 is 11.7 Å². The Bertz CT molecular complexity index is 393. The first-order chi connectivity index (χ1) is 9.65. The number of rotatable bonds is 8. The highest BCUT2D eigenvalue weighted by Crippen LogP contribution is 2.08. The molecule has 5 nitrogen and oxygen atoms in total. The Balaban J connectivity index is 2.32. The van der Waals surface area contributed by atoms with Crippen LogP contribution in [0.25, 0.3) is 0 Å². The Labute approximate surface area is 121 Å². The summed E-state index contributed by atoms with van der Waals surface area (Å²) in [5, 5.41) is 8.96. The number of anilines is 1. The molecule has 5 heteroatoms. The smallest absolute Gasteiger partial charge is 0.315 e. The van der Waals surface area contributed by atoms with E-state index in [0.29, 0.717) is 13.2 Å². The lowest BCUT2D eigenvalue weighted by atomic mass is 10.2. The average molecular weight is 279 g/mol. The van der Waals surface area contributed by atoms with Crippen LogP contribution >= 0.6 is 0 Å². The number of carbonyl (C=O) groups is 1. The van der Waals surface area contributed by atoms with Gasteiger partial charge in [-0.05, 0) is 31.0 Å². The van der Waals surface area contributed by atoms with Crippen LogP contribution < -0.4 is 16.0 Å². The summed E-state index contributed by atoms with van der Waals surface area (Å²) in [6.45, 7) is 6.02. The number of hydrogen-bond acceptors (Lipinski definition) is 3. The van der Waals surface area contributed by atoms with Gasteiger partial charge in [0.2, 0.25) is 0 Å². The van der Waals surface area contributed by atoms with Gasteiger partial charge in [0.15, 0.2) is 0 Å². The molecule has 1 rings (SSSR count). The Morgan fingerprint density at radius 2 is 2.00 bits per heavy atom. The number of ether oxygens (including phenoxy) is 1. The van der Waals surface area contributed by atoms with Gasteiger partial charge in [-0.25, -0.2) is 4.79 Å². The summed E-state index contributed by atoms with van der Waals surface area (Å²) in [6.07, 6.45) is 0.926. The summed E-state index contributed by atoms with van der Waals surface area (Å²) >= 11 is 0. The number of benzene rings is 1. The zero-order valence-corrected chi connectivity index (χ0v) is 12.5. The minimum atomic E-state index is -0.123. The van der Waals surface area contributed by atoms with Crippen molar-refractivity contribution in [3.05, 3.63) is 29.8 Å². The molecule has 20 heavy (non-hydrogen) atoms. The molecule has 0 unspecified atom stereocenters. The molecule has 0 bridgehead atoms. The number of amides is 2. The molecule has 1 aromatic carbocycles. The largest absolute Gasteiger partial charge is 0.383 e. The third kappa shape index (κ3) is 6.43. The van der Waals surface area contributed by atoms with E-state index < -0.39 is 0 Å². The Kier molecular flexibility index (Phi) is 7.50. The Morgan fingerprint density at radius 1 is 1.30 bits per heavy atom. The lowest BCUT2D eigenvalue weighted by Gasteiger charge is -2.12. The fraction of sp³-hybridized carbons (Fsp3) is 0.533. The number of nitrogens with one attached hydrogen (secondary N) is 3. The summed E-state index contributed by atoms with van der Waals surface area (Å²) < 4.78 is 4.98. The van der Waals surface area contributed by atoms with Crippen LogP contribution in [0.4, 0.5) is 10.5 Å². The molecule has 0 fully saturated rings. The van der Waals surface area contributed by atoms with Crippen molar-refractivity contribution in [2.75, 3.05) is 25.6 Å². The molecule has 0 saturated heterocycles. The van der Waals surface area contributed by atoms with Gasteiger partial charge >= 0.3 is 6.03 Å². The predicted octanol–water partition coefficient (Wildman–Crippen LogP) is 2.34. The summed E-state index contributed by atoms with van der Waals surface area (Å²) in [5.41, 5.74) is 2.12. The van der Waals surface area contributed by atoms with Crippen LogP contribution in [0.2, 0.25) is 0 Å². The van der Waals surface area contributed by atoms with E-state index in [1.165, 1.54) is 0 Å². The van der Waals surface area contributed by atoms with E-state index >= 15 is 0 Å². The van der Waals surface area contributed by atoms with Gasteiger partial charge in [-0.15, -0.1) is 0 Å². The van der Waals surface area contributed by atoms with E-state index in [1.54, 1.807) is 7.11 Å². The maximum atomic E-state index is 11.6. The zero-order chi connectivity index (χ0) is 14.8. The van der Waals surface area contributed by atoms with Gasteiger partial charge in [-0.2, -0.15) is 0 Å². The second kappa shape index (κ2) is 9.20. The molecule has 1 atom stereocenters. The molecule has 0 spiro atoms. The van der Waals surface area contributed by atoms with Crippen molar-refractivity contribution in [3.8, 4) is 0 Å². The lowest BCUT2D eigenvalue weighted by molar-refractivity contribution is 0.211. The van der Waals surface area contributed by atoms with Gasteiger partial charge in [-0.1, -0.05) is 19.1 Å². The van der Waals surface area contributed by atoms with Crippen LogP contribution in [0.5, 0.6) is 0 Å². The van der Waals surface area contributed by atoms with Crippen molar-refractivity contribution in [1.29, 1.82) is 0 Å². The van der Waals surface area contributed by atoms with Crippen molar-refractivity contribution in [1.82, 2.24) is 10.6 Å². The van der Waals surface area contributed by atoms with Gasteiger partial charge in [0.05, 0.1) is 6.61 Å². The van der Waals surface area contributed by atoms with E-state index in [4.69, 9.17) is 4.74 Å². The van der Waals surface area contributed by atoms with Crippen molar-refractivity contribution in [2.24, 2.45) is 0 Å². The summed E-state index contributed by atoms with van der Waals surface area (Å²) in [7, 11) is 1.68. The molecule has 0 aliphatic carbocycles. The molecule has 0 radical (unpaired) electrons. The summed E-state index contributed by atoms with van der Waals surface area (Å²) in [5.74, 6) is 0. The number of carbonyl (C=O) groups excluding carboxylic acids is 1. The van der Waals surface area contributed by atoms with E-state index in [2.05, 4.69) is 16.0 Å². The SMILES string of the molecule is CC[C@H](C)NC(=O)NCc1ccc(NCCOC)cc1. The third-order valence-electron chi connectivity index (χ3n) is 3.03. The molecule has 1 aromatic rings. The normalized spacial score (nSPS) is 11.8. The van der Waals surface area contributed by atoms with Gasteiger partial charge in [0.1, 0.15) is 0 Å². The first kappa shape index (κ1) is 16.3. The average Bonchev–Trinajstić information content (AvgIpc) is 2.46. The highest BCUT2D eigenvalue weighted by molar-refractivity contribution is 5.74. The van der Waals surface area contributed by atoms with Gasteiger partial charge in [0.25, 0.3) is 0 Å². The fourth-order valence-corrected chi connectivity index (χ4v) is 1.60. The molecule has 0 heterocycles. The molecule has 3 N–H and O–H groups in total. The number of hydrogen-bond donors (Lipinski definition) is 3. The van der Waals surface area contributed by atoms with E-state index in [9.17, 15) is 4.79 Å². The minimum absolute atomic E-state index is 0.123. The Hall–Kier alpha value is -1.75. The first-order valence-corrected chi connectivity index (χ1v) is 7.01. The molecular weight excluding hydrogens is 254 g/mol. The van der Waals surface area contributed by atoms with Crippen molar-refractivity contribution in [3.63, 3.8) is 0 Å². The van der Waals surface area contributed by atoms with Gasteiger partial charge < -0.3 is 20.7 Å². The minimum Gasteiger partial charge on any atom is -0.383 e. The zero-order valence-electron chi connectivity index (χ0n) is 12.5. The topological polar surface area (TPSA) is 62.4 Å². The van der Waals surface area contributed by atoms with Crippen LogP contribution in [0.15, 0.2) is 24.3 Å². The quantitative estimate of drug-likeness (QED) is 0.640. The molecule has 0 saturated carbocycles. The van der Waals surface area contributed by atoms with E-state index in [-0.39, 0.29) is 12.1 Å². The summed E-state index contributed by atoms with van der Waals surface area (Å²) in [6, 6.07) is 8.07. The van der Waals surface area contributed by atoms with Gasteiger partial charge in [-0.3, -0.25) is 0 Å². The second-order valence-electron chi connectivity index (χ2n) is 4.75. The Morgan fingerprint density at radius 3 is 2.60 bits per heavy atom. The van der Waals surface area contributed by atoms with Crippen LogP contribution in [0.3, 0.4) is 0 Å². The predicted molar refractivity (Wildman–Crippen MR) is 81.9 cm³/mol. The molecule has 112 valence electrons. The third-order valence-corrected chi connectivity index (χ3v) is 3.03. The molecule has 2 amide bonds. The van der Waals surface area contributed by atoms with Gasteiger partial charge in [0, 0.05) is 31.9 Å². The van der Waals surface area contributed by atoms with Crippen LogP contribution in [0.1, 0.15) is 25.8 Å². The van der Waals surface area contributed by atoms with Crippen LogP contribution in [-0.4, -0.2) is 32.3 Å². The van der Waals surface area contributed by atoms with Crippen LogP contribution in [0, 0.1) is 0 Å². The van der Waals surface area contributed by atoms with Crippen molar-refractivity contribution in [2.45, 2.75) is 32.9 Å². The highest BCUT2D eigenvalue weighted by Gasteiger charge is 2.04.